The van der Waals surface area contributed by atoms with Crippen LogP contribution in [0.2, 0.25) is 5.02 Å². The summed E-state index contributed by atoms with van der Waals surface area (Å²) < 4.78 is 11.8. The first-order chi connectivity index (χ1) is 18.2. The first-order valence-corrected chi connectivity index (χ1v) is 14.0. The summed E-state index contributed by atoms with van der Waals surface area (Å²) in [6.07, 6.45) is 0.0689. The molecule has 3 fully saturated rings. The Morgan fingerprint density at radius 1 is 1.26 bits per heavy atom. The molecule has 5 rings (SSSR count). The number of aliphatic hydroxyl groups is 1. The lowest BCUT2D eigenvalue weighted by Crippen LogP contribution is -2.57. The summed E-state index contributed by atoms with van der Waals surface area (Å²) >= 11 is 10.1. The predicted molar refractivity (Wildman–Crippen MR) is 145 cm³/mol. The summed E-state index contributed by atoms with van der Waals surface area (Å²) in [6, 6.07) is 12.9. The number of aryl methyl sites for hydroxylation is 1. The number of rotatable bonds is 8. The summed E-state index contributed by atoms with van der Waals surface area (Å²) in [5, 5.41) is 13.8. The molecule has 3 aliphatic heterocycles. The van der Waals surface area contributed by atoms with Gasteiger partial charge in [-0.25, -0.2) is 0 Å². The molecule has 0 radical (unpaired) electrons. The van der Waals surface area contributed by atoms with Crippen LogP contribution in [0.15, 0.2) is 48.5 Å². The quantitative estimate of drug-likeness (QED) is 0.353. The molecule has 0 saturated carbocycles. The Kier molecular flexibility index (Phi) is 7.57. The molecule has 0 aromatic heterocycles. The second-order valence-corrected chi connectivity index (χ2v) is 11.7. The zero-order valence-corrected chi connectivity index (χ0v) is 23.4. The number of nitrogens with one attached hydrogen (secondary N) is 1. The van der Waals surface area contributed by atoms with E-state index in [2.05, 4.69) is 21.2 Å². The van der Waals surface area contributed by atoms with E-state index in [4.69, 9.17) is 21.1 Å². The number of likely N-dealkylation sites (tertiary alicyclic amines) is 1. The minimum absolute atomic E-state index is 0.162. The van der Waals surface area contributed by atoms with Gasteiger partial charge in [-0.1, -0.05) is 70.0 Å². The standard InChI is InChI=1S/C28H30BrClN2O6/c1-3-37-27(36)20-21-26(35)32(17(14-33)12-16-9-5-4-6-10-16)24(28(21)13-18(29)23(20)38-28)25(34)31-22-15(2)8-7-11-19(22)30/h4-11,17-18,20-21,23-24,33H,3,12-14H2,1-2H3,(H,31,34)/t17-,18?,20-,21+,23-,24?,28?/m1/s1. The normalized spacial score (nSPS) is 30.3. The number of carbonyl (C=O) groups excluding carboxylic acids is 3. The van der Waals surface area contributed by atoms with Gasteiger partial charge in [-0.2, -0.15) is 0 Å². The number of para-hydroxylation sites is 1. The van der Waals surface area contributed by atoms with E-state index in [0.29, 0.717) is 23.6 Å². The van der Waals surface area contributed by atoms with Crippen LogP contribution in [0, 0.1) is 18.8 Å². The van der Waals surface area contributed by atoms with Gasteiger partial charge in [0.15, 0.2) is 0 Å². The number of nitrogens with zero attached hydrogens (tertiary/aromatic N) is 1. The third kappa shape index (κ3) is 4.33. The Labute approximate surface area is 234 Å². The van der Waals surface area contributed by atoms with Gasteiger partial charge >= 0.3 is 5.97 Å². The molecule has 8 nitrogen and oxygen atoms in total. The molecule has 3 saturated heterocycles. The fourth-order valence-electron chi connectivity index (χ4n) is 6.39. The van der Waals surface area contributed by atoms with Gasteiger partial charge in [0, 0.05) is 4.83 Å². The smallest absolute Gasteiger partial charge is 0.312 e. The lowest BCUT2D eigenvalue weighted by Gasteiger charge is -2.37. The van der Waals surface area contributed by atoms with Crippen LogP contribution in [0.5, 0.6) is 0 Å². The van der Waals surface area contributed by atoms with Crippen LogP contribution in [0.3, 0.4) is 0 Å². The van der Waals surface area contributed by atoms with E-state index in [0.717, 1.165) is 11.1 Å². The molecular weight excluding hydrogens is 576 g/mol. The van der Waals surface area contributed by atoms with Crippen molar-refractivity contribution in [1.29, 1.82) is 0 Å². The molecule has 10 heteroatoms. The molecule has 38 heavy (non-hydrogen) atoms. The summed E-state index contributed by atoms with van der Waals surface area (Å²) in [5.74, 6) is -3.16. The average molecular weight is 606 g/mol. The topological polar surface area (TPSA) is 105 Å². The molecule has 2 bridgehead atoms. The number of hydrogen-bond acceptors (Lipinski definition) is 6. The number of carbonyl (C=O) groups is 3. The van der Waals surface area contributed by atoms with Crippen molar-refractivity contribution in [1.82, 2.24) is 4.90 Å². The number of ether oxygens (including phenoxy) is 2. The summed E-state index contributed by atoms with van der Waals surface area (Å²) in [4.78, 5) is 42.6. The van der Waals surface area contributed by atoms with Crippen molar-refractivity contribution in [2.45, 2.75) is 55.3 Å². The highest BCUT2D eigenvalue weighted by Gasteiger charge is 2.77. The van der Waals surface area contributed by atoms with Crippen LogP contribution in [0.1, 0.15) is 24.5 Å². The molecule has 3 unspecified atom stereocenters. The molecule has 3 heterocycles. The van der Waals surface area contributed by atoms with E-state index in [1.54, 1.807) is 19.1 Å². The highest BCUT2D eigenvalue weighted by atomic mass is 79.9. The van der Waals surface area contributed by atoms with Gasteiger partial charge in [-0.3, -0.25) is 14.4 Å². The summed E-state index contributed by atoms with van der Waals surface area (Å²) in [7, 11) is 0. The van der Waals surface area contributed by atoms with Crippen molar-refractivity contribution in [3.63, 3.8) is 0 Å². The number of aliphatic hydroxyl groups excluding tert-OH is 1. The number of benzene rings is 2. The van der Waals surface area contributed by atoms with E-state index >= 15 is 0 Å². The molecular formula is C28H30BrClN2O6. The number of hydrogen-bond donors (Lipinski definition) is 2. The van der Waals surface area contributed by atoms with Crippen molar-refractivity contribution in [3.05, 3.63) is 64.7 Å². The number of anilines is 1. The van der Waals surface area contributed by atoms with Crippen LogP contribution in [0.25, 0.3) is 0 Å². The van der Waals surface area contributed by atoms with Gasteiger partial charge in [-0.05, 0) is 43.9 Å². The van der Waals surface area contributed by atoms with E-state index in [9.17, 15) is 19.5 Å². The van der Waals surface area contributed by atoms with Crippen molar-refractivity contribution in [2.75, 3.05) is 18.5 Å². The van der Waals surface area contributed by atoms with Gasteiger partial charge in [0.25, 0.3) is 0 Å². The number of fused-ring (bicyclic) bond motifs is 1. The number of halogens is 2. The zero-order valence-electron chi connectivity index (χ0n) is 21.1. The maximum atomic E-state index is 14.2. The van der Waals surface area contributed by atoms with Crippen LogP contribution < -0.4 is 5.32 Å². The zero-order chi connectivity index (χ0) is 27.2. The minimum Gasteiger partial charge on any atom is -0.466 e. The first-order valence-electron chi connectivity index (χ1n) is 12.7. The van der Waals surface area contributed by atoms with Gasteiger partial charge in [0.05, 0.1) is 47.9 Å². The molecule has 2 N–H and O–H groups in total. The third-order valence-corrected chi connectivity index (χ3v) is 9.08. The van der Waals surface area contributed by atoms with Gasteiger partial charge in [-0.15, -0.1) is 0 Å². The second kappa shape index (κ2) is 10.6. The fourth-order valence-corrected chi connectivity index (χ4v) is 7.60. The first kappa shape index (κ1) is 27.1. The van der Waals surface area contributed by atoms with Crippen molar-refractivity contribution in [3.8, 4) is 0 Å². The van der Waals surface area contributed by atoms with Gasteiger partial charge < -0.3 is 24.8 Å². The Hall–Kier alpha value is -2.46. The Bertz CT molecular complexity index is 1220. The number of esters is 1. The van der Waals surface area contributed by atoms with Crippen LogP contribution in [0.4, 0.5) is 5.69 Å². The molecule has 1 spiro atoms. The monoisotopic (exact) mass is 604 g/mol. The number of amides is 2. The summed E-state index contributed by atoms with van der Waals surface area (Å²) in [5.41, 5.74) is 0.843. The van der Waals surface area contributed by atoms with Gasteiger partial charge in [0.1, 0.15) is 11.6 Å². The molecule has 7 atom stereocenters. The SMILES string of the molecule is CCOC(=O)[C@H]1[C@@H]2OC3(CC2Br)C(C(=O)Nc2c(C)cccc2Cl)N([C@@H](CO)Cc2ccccc2)C(=O)[C@H]13. The fraction of sp³-hybridized carbons (Fsp3) is 0.464. The molecule has 3 aliphatic rings. The summed E-state index contributed by atoms with van der Waals surface area (Å²) in [6.45, 7) is 3.33. The highest BCUT2D eigenvalue weighted by Crippen LogP contribution is 2.60. The molecule has 2 aromatic rings. The third-order valence-electron chi connectivity index (χ3n) is 7.92. The Morgan fingerprint density at radius 2 is 2.00 bits per heavy atom. The van der Waals surface area contributed by atoms with Crippen molar-refractivity contribution < 1.29 is 29.0 Å². The van der Waals surface area contributed by atoms with E-state index < -0.39 is 53.4 Å². The maximum Gasteiger partial charge on any atom is 0.312 e. The van der Waals surface area contributed by atoms with Gasteiger partial charge in [0.2, 0.25) is 11.8 Å². The van der Waals surface area contributed by atoms with Crippen molar-refractivity contribution >= 4 is 51.0 Å². The second-order valence-electron chi connectivity index (χ2n) is 10.1. The minimum atomic E-state index is -1.27. The lowest BCUT2D eigenvalue weighted by molar-refractivity contribution is -0.155. The number of alkyl halides is 1. The van der Waals surface area contributed by atoms with Crippen molar-refractivity contribution in [2.24, 2.45) is 11.8 Å². The van der Waals surface area contributed by atoms with Crippen LogP contribution >= 0.6 is 27.5 Å². The maximum absolute atomic E-state index is 14.2. The molecule has 0 aliphatic carbocycles. The predicted octanol–water partition coefficient (Wildman–Crippen LogP) is 3.50. The largest absolute Gasteiger partial charge is 0.466 e. The lowest BCUT2D eigenvalue weighted by atomic mass is 9.70. The van der Waals surface area contributed by atoms with Crippen LogP contribution in [-0.2, 0) is 30.3 Å². The van der Waals surface area contributed by atoms with E-state index in [-0.39, 0.29) is 18.0 Å². The van der Waals surface area contributed by atoms with Crippen LogP contribution in [-0.4, -0.2) is 69.6 Å². The van der Waals surface area contributed by atoms with E-state index in [1.165, 1.54) is 4.90 Å². The Balaban J connectivity index is 1.58. The molecule has 2 aromatic carbocycles. The Morgan fingerprint density at radius 3 is 2.66 bits per heavy atom. The highest BCUT2D eigenvalue weighted by molar-refractivity contribution is 9.09. The molecule has 2 amide bonds. The average Bonchev–Trinajstić information content (AvgIpc) is 3.49. The van der Waals surface area contributed by atoms with E-state index in [1.807, 2.05) is 43.3 Å². The molecule has 202 valence electrons.